The van der Waals surface area contributed by atoms with Crippen molar-refractivity contribution in [3.05, 3.63) is 47.4 Å². The fraction of sp³-hybridized carbons (Fsp3) is 0. The Bertz CT molecular complexity index is 673. The number of benzene rings is 1. The number of nitrogens with zero attached hydrogens (tertiary/aromatic N) is 4. The molecule has 0 amide bonds. The van der Waals surface area contributed by atoms with Crippen LogP contribution in [-0.4, -0.2) is 10.2 Å². The van der Waals surface area contributed by atoms with Gasteiger partial charge >= 0.3 is 0 Å². The van der Waals surface area contributed by atoms with Crippen LogP contribution in [0.15, 0.2) is 30.5 Å². The van der Waals surface area contributed by atoms with Crippen molar-refractivity contribution < 1.29 is 9.13 Å². The fourth-order valence-electron chi connectivity index (χ4n) is 1.24. The number of aromatic nitrogens is 2. The molecule has 18 heavy (non-hydrogen) atoms. The van der Waals surface area contributed by atoms with Gasteiger partial charge in [-0.15, -0.1) is 5.10 Å². The molecule has 0 spiro atoms. The molecule has 1 aromatic heterocycles. The van der Waals surface area contributed by atoms with E-state index in [0.29, 0.717) is 0 Å². The van der Waals surface area contributed by atoms with Crippen molar-refractivity contribution in [1.82, 2.24) is 10.2 Å². The SMILES string of the molecule is N#Cc1ccc(Oc2nnccc2C#N)cc1F. The first-order valence-corrected chi connectivity index (χ1v) is 4.84. The molecule has 0 unspecified atom stereocenters. The maximum Gasteiger partial charge on any atom is 0.256 e. The van der Waals surface area contributed by atoms with Crippen LogP contribution in [0.25, 0.3) is 0 Å². The molecule has 0 fully saturated rings. The van der Waals surface area contributed by atoms with Gasteiger partial charge in [-0.2, -0.15) is 15.6 Å². The Labute approximate surface area is 102 Å². The third-order valence-corrected chi connectivity index (χ3v) is 2.08. The minimum Gasteiger partial charge on any atom is -0.436 e. The predicted octanol–water partition coefficient (Wildman–Crippen LogP) is 2.15. The van der Waals surface area contributed by atoms with Crippen molar-refractivity contribution in [2.24, 2.45) is 0 Å². The Morgan fingerprint density at radius 2 is 1.89 bits per heavy atom. The summed E-state index contributed by atoms with van der Waals surface area (Å²) in [6.07, 6.45) is 1.35. The van der Waals surface area contributed by atoms with Crippen LogP contribution in [0.3, 0.4) is 0 Å². The monoisotopic (exact) mass is 240 g/mol. The molecule has 0 radical (unpaired) electrons. The maximum absolute atomic E-state index is 13.3. The van der Waals surface area contributed by atoms with Gasteiger partial charge in [0.25, 0.3) is 5.88 Å². The van der Waals surface area contributed by atoms with Crippen LogP contribution in [0, 0.1) is 28.5 Å². The van der Waals surface area contributed by atoms with Gasteiger partial charge in [-0.1, -0.05) is 0 Å². The molecule has 0 aliphatic carbocycles. The smallest absolute Gasteiger partial charge is 0.256 e. The van der Waals surface area contributed by atoms with Crippen molar-refractivity contribution in [1.29, 1.82) is 10.5 Å². The lowest BCUT2D eigenvalue weighted by molar-refractivity contribution is 0.449. The lowest BCUT2D eigenvalue weighted by Gasteiger charge is -2.05. The van der Waals surface area contributed by atoms with E-state index in [4.69, 9.17) is 15.3 Å². The zero-order valence-corrected chi connectivity index (χ0v) is 8.96. The molecule has 0 atom stereocenters. The highest BCUT2D eigenvalue weighted by atomic mass is 19.1. The number of rotatable bonds is 2. The summed E-state index contributed by atoms with van der Waals surface area (Å²) < 4.78 is 18.6. The first-order valence-electron chi connectivity index (χ1n) is 4.84. The second-order valence-electron chi connectivity index (χ2n) is 3.22. The predicted molar refractivity (Wildman–Crippen MR) is 57.9 cm³/mol. The molecule has 0 aliphatic heterocycles. The van der Waals surface area contributed by atoms with Gasteiger partial charge in [-0.3, -0.25) is 0 Å². The first-order chi connectivity index (χ1) is 8.74. The van der Waals surface area contributed by atoms with E-state index in [1.807, 2.05) is 6.07 Å². The molecule has 0 saturated heterocycles. The number of halogens is 1. The Morgan fingerprint density at radius 1 is 1.11 bits per heavy atom. The summed E-state index contributed by atoms with van der Waals surface area (Å²) >= 11 is 0. The average Bonchev–Trinajstić information content (AvgIpc) is 2.39. The molecule has 1 heterocycles. The molecule has 0 bridgehead atoms. The summed E-state index contributed by atoms with van der Waals surface area (Å²) in [5, 5.41) is 24.6. The van der Waals surface area contributed by atoms with Crippen LogP contribution in [0.5, 0.6) is 11.6 Å². The quantitative estimate of drug-likeness (QED) is 0.803. The van der Waals surface area contributed by atoms with Crippen LogP contribution >= 0.6 is 0 Å². The topological polar surface area (TPSA) is 82.6 Å². The van der Waals surface area contributed by atoms with Crippen LogP contribution in [0.4, 0.5) is 4.39 Å². The number of hydrogen-bond donors (Lipinski definition) is 0. The van der Waals surface area contributed by atoms with Gasteiger partial charge in [0.1, 0.15) is 29.3 Å². The lowest BCUT2D eigenvalue weighted by Crippen LogP contribution is -1.94. The highest BCUT2D eigenvalue weighted by Gasteiger charge is 2.08. The third-order valence-electron chi connectivity index (χ3n) is 2.08. The molecule has 0 aliphatic rings. The Kier molecular flexibility index (Phi) is 3.13. The highest BCUT2D eigenvalue weighted by molar-refractivity contribution is 5.41. The summed E-state index contributed by atoms with van der Waals surface area (Å²) in [6, 6.07) is 8.76. The normalized spacial score (nSPS) is 9.28. The van der Waals surface area contributed by atoms with E-state index in [1.165, 1.54) is 24.4 Å². The second-order valence-corrected chi connectivity index (χ2v) is 3.22. The Balaban J connectivity index is 2.33. The summed E-state index contributed by atoms with van der Waals surface area (Å²) in [5.74, 6) is -0.565. The molecule has 1 aromatic carbocycles. The van der Waals surface area contributed by atoms with E-state index in [0.717, 1.165) is 6.07 Å². The number of ether oxygens (including phenoxy) is 1. The molecule has 2 rings (SSSR count). The molecular formula is C12H5FN4O. The van der Waals surface area contributed by atoms with Crippen molar-refractivity contribution in [3.63, 3.8) is 0 Å². The van der Waals surface area contributed by atoms with E-state index in [2.05, 4.69) is 10.2 Å². The molecule has 2 aromatic rings. The van der Waals surface area contributed by atoms with Gasteiger partial charge in [-0.25, -0.2) is 4.39 Å². The molecule has 86 valence electrons. The van der Waals surface area contributed by atoms with Crippen LogP contribution in [0.2, 0.25) is 0 Å². The second kappa shape index (κ2) is 4.89. The van der Waals surface area contributed by atoms with Crippen LogP contribution < -0.4 is 4.74 Å². The van der Waals surface area contributed by atoms with Gasteiger partial charge in [0.15, 0.2) is 0 Å². The number of hydrogen-bond acceptors (Lipinski definition) is 5. The standard InChI is InChI=1S/C12H5FN4O/c13-11-5-10(2-1-8(11)6-14)18-12-9(7-15)3-4-16-17-12/h1-5H. The van der Waals surface area contributed by atoms with Crippen molar-refractivity contribution >= 4 is 0 Å². The first kappa shape index (κ1) is 11.5. The van der Waals surface area contributed by atoms with Crippen molar-refractivity contribution in [3.8, 4) is 23.8 Å². The number of nitriles is 2. The molecule has 0 saturated carbocycles. The summed E-state index contributed by atoms with van der Waals surface area (Å²) in [6.45, 7) is 0. The van der Waals surface area contributed by atoms with E-state index in [1.54, 1.807) is 6.07 Å². The summed E-state index contributed by atoms with van der Waals surface area (Å²) in [5.41, 5.74) is 0.108. The Hall–Kier alpha value is -2.99. The van der Waals surface area contributed by atoms with Gasteiger partial charge in [0.2, 0.25) is 0 Å². The molecule has 5 nitrogen and oxygen atoms in total. The van der Waals surface area contributed by atoms with E-state index < -0.39 is 5.82 Å². The van der Waals surface area contributed by atoms with E-state index in [-0.39, 0.29) is 22.8 Å². The fourth-order valence-corrected chi connectivity index (χ4v) is 1.24. The van der Waals surface area contributed by atoms with Gasteiger partial charge in [0.05, 0.1) is 11.8 Å². The third kappa shape index (κ3) is 2.23. The lowest BCUT2D eigenvalue weighted by atomic mass is 10.2. The van der Waals surface area contributed by atoms with Crippen LogP contribution in [0.1, 0.15) is 11.1 Å². The van der Waals surface area contributed by atoms with Gasteiger partial charge in [-0.05, 0) is 18.2 Å². The molecular weight excluding hydrogens is 235 g/mol. The zero-order chi connectivity index (χ0) is 13.0. The largest absolute Gasteiger partial charge is 0.436 e. The zero-order valence-electron chi connectivity index (χ0n) is 8.96. The molecule has 6 heteroatoms. The van der Waals surface area contributed by atoms with Gasteiger partial charge < -0.3 is 4.74 Å². The van der Waals surface area contributed by atoms with Crippen LogP contribution in [-0.2, 0) is 0 Å². The maximum atomic E-state index is 13.3. The molecule has 0 N–H and O–H groups in total. The average molecular weight is 240 g/mol. The van der Waals surface area contributed by atoms with Gasteiger partial charge in [0, 0.05) is 6.07 Å². The van der Waals surface area contributed by atoms with Crippen molar-refractivity contribution in [2.45, 2.75) is 0 Å². The minimum absolute atomic E-state index is 0.0101. The van der Waals surface area contributed by atoms with E-state index >= 15 is 0 Å². The minimum atomic E-state index is -0.697. The van der Waals surface area contributed by atoms with Crippen molar-refractivity contribution in [2.75, 3.05) is 0 Å². The highest BCUT2D eigenvalue weighted by Crippen LogP contribution is 2.23. The Morgan fingerprint density at radius 3 is 2.56 bits per heavy atom. The van der Waals surface area contributed by atoms with E-state index in [9.17, 15) is 4.39 Å². The summed E-state index contributed by atoms with van der Waals surface area (Å²) in [7, 11) is 0. The summed E-state index contributed by atoms with van der Waals surface area (Å²) in [4.78, 5) is 0.